The summed E-state index contributed by atoms with van der Waals surface area (Å²) in [4.78, 5) is 14.7. The molecule has 2 atom stereocenters. The maximum absolute atomic E-state index is 12.7. The smallest absolute Gasteiger partial charge is 0.232 e. The maximum atomic E-state index is 12.7. The molecule has 2 unspecified atom stereocenters. The van der Waals surface area contributed by atoms with Gasteiger partial charge in [0.1, 0.15) is 0 Å². The molecule has 0 spiro atoms. The van der Waals surface area contributed by atoms with Gasteiger partial charge in [-0.05, 0) is 25.0 Å². The number of para-hydroxylation sites is 1. The Morgan fingerprint density at radius 3 is 3.16 bits per heavy atom. The van der Waals surface area contributed by atoms with Crippen LogP contribution in [0.4, 0.5) is 5.69 Å². The van der Waals surface area contributed by atoms with Crippen LogP contribution in [-0.2, 0) is 9.53 Å². The molecule has 1 aromatic rings. The van der Waals surface area contributed by atoms with Gasteiger partial charge in [-0.1, -0.05) is 18.2 Å². The molecule has 0 aliphatic carbocycles. The molecule has 19 heavy (non-hydrogen) atoms. The summed E-state index contributed by atoms with van der Waals surface area (Å²) in [6.07, 6.45) is 1.06. The molecule has 2 aliphatic heterocycles. The minimum atomic E-state index is -0.0403. The van der Waals surface area contributed by atoms with E-state index in [1.807, 2.05) is 30.0 Å². The van der Waals surface area contributed by atoms with Gasteiger partial charge in [-0.2, -0.15) is 0 Å². The van der Waals surface area contributed by atoms with Crippen molar-refractivity contribution in [1.82, 2.24) is 4.90 Å². The molecule has 102 valence electrons. The van der Waals surface area contributed by atoms with Gasteiger partial charge in [0.05, 0.1) is 12.0 Å². The normalized spacial score (nSPS) is 26.5. The zero-order valence-corrected chi connectivity index (χ0v) is 11.3. The first-order valence-electron chi connectivity index (χ1n) is 6.99. The highest BCUT2D eigenvalue weighted by atomic mass is 16.5. The number of hydrogen-bond donors (Lipinski definition) is 1. The number of nitrogens with one attached hydrogen (secondary N) is 1. The lowest BCUT2D eigenvalue weighted by Crippen LogP contribution is -2.39. The fraction of sp³-hybridized carbons (Fsp3) is 0.533. The Morgan fingerprint density at radius 2 is 2.26 bits per heavy atom. The zero-order chi connectivity index (χ0) is 13.2. The summed E-state index contributed by atoms with van der Waals surface area (Å²) in [6, 6.07) is 8.09. The van der Waals surface area contributed by atoms with E-state index in [0.29, 0.717) is 13.1 Å². The van der Waals surface area contributed by atoms with Crippen molar-refractivity contribution in [3.8, 4) is 0 Å². The molecular weight excluding hydrogens is 240 g/mol. The van der Waals surface area contributed by atoms with E-state index in [2.05, 4.69) is 11.4 Å². The third-order valence-electron chi connectivity index (χ3n) is 3.89. The third-order valence-corrected chi connectivity index (χ3v) is 3.89. The number of benzene rings is 1. The van der Waals surface area contributed by atoms with Crippen molar-refractivity contribution in [2.45, 2.75) is 25.4 Å². The van der Waals surface area contributed by atoms with Crippen LogP contribution in [0.1, 0.15) is 24.8 Å². The van der Waals surface area contributed by atoms with E-state index in [0.717, 1.165) is 30.8 Å². The van der Waals surface area contributed by atoms with Crippen molar-refractivity contribution < 1.29 is 9.53 Å². The maximum Gasteiger partial charge on any atom is 0.232 e. The van der Waals surface area contributed by atoms with Crippen molar-refractivity contribution in [2.75, 3.05) is 31.6 Å². The second-order valence-corrected chi connectivity index (χ2v) is 5.34. The number of carbonyl (C=O) groups excluding carboxylic acids is 1. The third kappa shape index (κ3) is 2.45. The lowest BCUT2D eigenvalue weighted by Gasteiger charge is -2.25. The summed E-state index contributed by atoms with van der Waals surface area (Å²) in [7, 11) is 0. The van der Waals surface area contributed by atoms with Crippen molar-refractivity contribution >= 4 is 11.6 Å². The second-order valence-electron chi connectivity index (χ2n) is 5.34. The second kappa shape index (κ2) is 5.21. The van der Waals surface area contributed by atoms with Crippen LogP contribution < -0.4 is 5.32 Å². The first kappa shape index (κ1) is 12.5. The van der Waals surface area contributed by atoms with E-state index in [4.69, 9.17) is 4.74 Å². The number of amides is 1. The fourth-order valence-electron chi connectivity index (χ4n) is 2.92. The highest BCUT2D eigenvalue weighted by Crippen LogP contribution is 2.32. The molecule has 0 radical (unpaired) electrons. The van der Waals surface area contributed by atoms with E-state index in [1.54, 1.807) is 0 Å². The zero-order valence-electron chi connectivity index (χ0n) is 11.3. The molecular formula is C15H20N2O2. The van der Waals surface area contributed by atoms with Crippen LogP contribution in [0.5, 0.6) is 0 Å². The highest BCUT2D eigenvalue weighted by molar-refractivity contribution is 5.88. The number of ether oxygens (including phenoxy) is 1. The SMILES string of the molecule is CC1CN(C(=O)C2CNc3ccccc32)CCCO1. The van der Waals surface area contributed by atoms with Crippen LogP contribution in [0.3, 0.4) is 0 Å². The summed E-state index contributed by atoms with van der Waals surface area (Å²) < 4.78 is 5.61. The van der Waals surface area contributed by atoms with Gasteiger partial charge in [0.25, 0.3) is 0 Å². The lowest BCUT2D eigenvalue weighted by atomic mass is 9.99. The van der Waals surface area contributed by atoms with Gasteiger partial charge in [-0.15, -0.1) is 0 Å². The summed E-state index contributed by atoms with van der Waals surface area (Å²) in [6.45, 7) is 5.01. The Bertz CT molecular complexity index is 475. The minimum absolute atomic E-state index is 0.0403. The molecule has 1 fully saturated rings. The number of carbonyl (C=O) groups is 1. The van der Waals surface area contributed by atoms with Crippen LogP contribution >= 0.6 is 0 Å². The van der Waals surface area contributed by atoms with Crippen LogP contribution in [-0.4, -0.2) is 43.2 Å². The Hall–Kier alpha value is -1.55. The van der Waals surface area contributed by atoms with E-state index in [1.165, 1.54) is 0 Å². The number of anilines is 1. The van der Waals surface area contributed by atoms with Gasteiger partial charge in [0, 0.05) is 31.9 Å². The topological polar surface area (TPSA) is 41.6 Å². The monoisotopic (exact) mass is 260 g/mol. The molecule has 0 bridgehead atoms. The fourth-order valence-corrected chi connectivity index (χ4v) is 2.92. The largest absolute Gasteiger partial charge is 0.384 e. The Morgan fingerprint density at radius 1 is 1.42 bits per heavy atom. The van der Waals surface area contributed by atoms with Crippen molar-refractivity contribution in [3.05, 3.63) is 29.8 Å². The lowest BCUT2D eigenvalue weighted by molar-refractivity contribution is -0.133. The Kier molecular flexibility index (Phi) is 3.42. The number of hydrogen-bond acceptors (Lipinski definition) is 3. The summed E-state index contributed by atoms with van der Waals surface area (Å²) >= 11 is 0. The van der Waals surface area contributed by atoms with Gasteiger partial charge in [-0.25, -0.2) is 0 Å². The van der Waals surface area contributed by atoms with Gasteiger partial charge in [0.15, 0.2) is 0 Å². The summed E-state index contributed by atoms with van der Waals surface area (Å²) in [5.41, 5.74) is 2.23. The predicted octanol–water partition coefficient (Wildman–Crippen LogP) is 1.83. The first-order chi connectivity index (χ1) is 9.25. The molecule has 4 heteroatoms. The summed E-state index contributed by atoms with van der Waals surface area (Å²) in [5, 5.41) is 3.32. The van der Waals surface area contributed by atoms with Crippen molar-refractivity contribution in [1.29, 1.82) is 0 Å². The number of nitrogens with zero attached hydrogens (tertiary/aromatic N) is 1. The molecule has 0 saturated carbocycles. The van der Waals surface area contributed by atoms with Gasteiger partial charge in [-0.3, -0.25) is 4.79 Å². The van der Waals surface area contributed by atoms with E-state index in [-0.39, 0.29) is 17.9 Å². The van der Waals surface area contributed by atoms with Crippen molar-refractivity contribution in [2.24, 2.45) is 0 Å². The first-order valence-corrected chi connectivity index (χ1v) is 6.99. The van der Waals surface area contributed by atoms with Crippen molar-refractivity contribution in [3.63, 3.8) is 0 Å². The van der Waals surface area contributed by atoms with Crippen LogP contribution in [0.15, 0.2) is 24.3 Å². The van der Waals surface area contributed by atoms with Gasteiger partial charge >= 0.3 is 0 Å². The molecule has 0 aromatic heterocycles. The molecule has 1 amide bonds. The molecule has 3 rings (SSSR count). The van der Waals surface area contributed by atoms with E-state index in [9.17, 15) is 4.79 Å². The molecule has 1 N–H and O–H groups in total. The van der Waals surface area contributed by atoms with E-state index >= 15 is 0 Å². The molecule has 2 aliphatic rings. The number of rotatable bonds is 1. The molecule has 2 heterocycles. The Balaban J connectivity index is 1.77. The number of fused-ring (bicyclic) bond motifs is 1. The van der Waals surface area contributed by atoms with Crippen LogP contribution in [0, 0.1) is 0 Å². The van der Waals surface area contributed by atoms with Gasteiger partial charge < -0.3 is 15.0 Å². The molecule has 1 saturated heterocycles. The highest BCUT2D eigenvalue weighted by Gasteiger charge is 2.32. The summed E-state index contributed by atoms with van der Waals surface area (Å²) in [5.74, 6) is 0.191. The molecule has 4 nitrogen and oxygen atoms in total. The molecule has 1 aromatic carbocycles. The van der Waals surface area contributed by atoms with E-state index < -0.39 is 0 Å². The quantitative estimate of drug-likeness (QED) is 0.837. The van der Waals surface area contributed by atoms with Crippen LogP contribution in [0.25, 0.3) is 0 Å². The Labute approximate surface area is 113 Å². The average Bonchev–Trinajstić information content (AvgIpc) is 2.73. The van der Waals surface area contributed by atoms with Gasteiger partial charge in [0.2, 0.25) is 5.91 Å². The van der Waals surface area contributed by atoms with Crippen LogP contribution in [0.2, 0.25) is 0 Å². The average molecular weight is 260 g/mol. The standard InChI is InChI=1S/C15H20N2O2/c1-11-10-17(7-4-8-19-11)15(18)13-9-16-14-6-3-2-5-12(13)14/h2-3,5-6,11,13,16H,4,7-10H2,1H3. The predicted molar refractivity (Wildman–Crippen MR) is 74.3 cm³/mol. The minimum Gasteiger partial charge on any atom is -0.384 e.